The number of aromatic nitrogens is 3. The summed E-state index contributed by atoms with van der Waals surface area (Å²) in [5.41, 5.74) is 5.69. The zero-order valence-electron chi connectivity index (χ0n) is 19.0. The van der Waals surface area contributed by atoms with Crippen molar-refractivity contribution in [3.8, 4) is 5.75 Å². The maximum atomic E-state index is 14.1. The third kappa shape index (κ3) is 4.49. The number of hydrogen-bond acceptors (Lipinski definition) is 9. The molecular formula is C22H27FN4O6P+. The predicted molar refractivity (Wildman–Crippen MR) is 121 cm³/mol. The zero-order chi connectivity index (χ0) is 24.7. The van der Waals surface area contributed by atoms with E-state index in [1.54, 1.807) is 24.3 Å². The zero-order valence-corrected chi connectivity index (χ0v) is 19.9. The van der Waals surface area contributed by atoms with Gasteiger partial charge in [0.15, 0.2) is 17.2 Å². The third-order valence-electron chi connectivity index (χ3n) is 5.88. The molecule has 1 aliphatic heterocycles. The van der Waals surface area contributed by atoms with E-state index in [1.807, 2.05) is 12.1 Å². The lowest BCUT2D eigenvalue weighted by Gasteiger charge is -2.26. The Kier molecular flexibility index (Phi) is 6.58. The van der Waals surface area contributed by atoms with E-state index in [0.29, 0.717) is 17.0 Å². The molecule has 1 fully saturated rings. The standard InChI is InChI=1S/C22H27FN4O6P/c1-21(2,3)13-4-6-14(7-5-13)33-34(30)31-11-22(10-23)19(29)17(28)18(32-22)15-8-9-16-20(24)25-12-26-27(15)16/h4-9,12,17-19,28-29H,10-11H2,1-3H3,(H2,24,25,26)/q+1/t17-,18-,19-,22+/m0/s1. The summed E-state index contributed by atoms with van der Waals surface area (Å²) in [6.07, 6.45) is -3.08. The van der Waals surface area contributed by atoms with Crippen molar-refractivity contribution in [2.75, 3.05) is 19.0 Å². The summed E-state index contributed by atoms with van der Waals surface area (Å²) in [7, 11) is -2.71. The number of anilines is 1. The second-order valence-corrected chi connectivity index (χ2v) is 10.1. The summed E-state index contributed by atoms with van der Waals surface area (Å²) < 4.78 is 44.2. The van der Waals surface area contributed by atoms with Crippen LogP contribution in [0.5, 0.6) is 5.75 Å². The Morgan fingerprint density at radius 3 is 2.59 bits per heavy atom. The molecule has 5 atom stereocenters. The molecule has 0 amide bonds. The average molecular weight is 493 g/mol. The molecule has 4 N–H and O–H groups in total. The molecule has 0 saturated carbocycles. The topological polar surface area (TPSA) is 141 Å². The van der Waals surface area contributed by atoms with Crippen LogP contribution in [0.2, 0.25) is 0 Å². The van der Waals surface area contributed by atoms with Gasteiger partial charge in [0.1, 0.15) is 43.4 Å². The van der Waals surface area contributed by atoms with Crippen LogP contribution in [-0.2, 0) is 19.2 Å². The number of rotatable bonds is 7. The predicted octanol–water partition coefficient (Wildman–Crippen LogP) is 2.86. The minimum atomic E-state index is -2.71. The Morgan fingerprint density at radius 2 is 1.94 bits per heavy atom. The summed E-state index contributed by atoms with van der Waals surface area (Å²) in [6.45, 7) is 4.38. The number of nitrogens with zero attached hydrogens (tertiary/aromatic N) is 3. The highest BCUT2D eigenvalue weighted by atomic mass is 31.1. The van der Waals surface area contributed by atoms with E-state index in [-0.39, 0.29) is 11.2 Å². The van der Waals surface area contributed by atoms with Crippen LogP contribution < -0.4 is 10.3 Å². The maximum Gasteiger partial charge on any atom is 0.750 e. The van der Waals surface area contributed by atoms with Crippen molar-refractivity contribution < 1.29 is 33.0 Å². The molecule has 1 aliphatic rings. The van der Waals surface area contributed by atoms with Crippen LogP contribution in [-0.4, -0.2) is 55.9 Å². The first-order valence-corrected chi connectivity index (χ1v) is 11.7. The van der Waals surface area contributed by atoms with Crippen molar-refractivity contribution in [2.24, 2.45) is 0 Å². The van der Waals surface area contributed by atoms with Crippen LogP contribution in [0.4, 0.5) is 10.2 Å². The Bertz CT molecular complexity index is 1180. The van der Waals surface area contributed by atoms with Crippen molar-refractivity contribution in [1.82, 2.24) is 14.6 Å². The number of ether oxygens (including phenoxy) is 1. The van der Waals surface area contributed by atoms with E-state index in [4.69, 9.17) is 19.5 Å². The molecule has 0 spiro atoms. The van der Waals surface area contributed by atoms with Gasteiger partial charge in [-0.25, -0.2) is 18.4 Å². The molecule has 12 heteroatoms. The van der Waals surface area contributed by atoms with Gasteiger partial charge in [-0.2, -0.15) is 5.10 Å². The second kappa shape index (κ2) is 9.16. The summed E-state index contributed by atoms with van der Waals surface area (Å²) in [5, 5.41) is 25.3. The minimum absolute atomic E-state index is 0.0544. The number of nitrogen functional groups attached to an aromatic ring is 1. The van der Waals surface area contributed by atoms with Gasteiger partial charge in [0, 0.05) is 4.57 Å². The lowest BCUT2D eigenvalue weighted by molar-refractivity contribution is -0.118. The molecule has 3 aromatic rings. The van der Waals surface area contributed by atoms with Gasteiger partial charge in [-0.05, 0) is 35.2 Å². The second-order valence-electron chi connectivity index (χ2n) is 9.24. The van der Waals surface area contributed by atoms with E-state index in [1.165, 1.54) is 10.8 Å². The molecule has 182 valence electrons. The number of fused-ring (bicyclic) bond motifs is 1. The molecule has 1 unspecified atom stereocenters. The van der Waals surface area contributed by atoms with E-state index < -0.39 is 45.4 Å². The molecule has 0 aliphatic carbocycles. The first kappa shape index (κ1) is 24.4. The molecular weight excluding hydrogens is 466 g/mol. The quantitative estimate of drug-likeness (QED) is 0.424. The van der Waals surface area contributed by atoms with Crippen molar-refractivity contribution in [1.29, 1.82) is 0 Å². The van der Waals surface area contributed by atoms with Crippen molar-refractivity contribution in [3.05, 3.63) is 54.0 Å². The van der Waals surface area contributed by atoms with E-state index in [9.17, 15) is 19.2 Å². The fourth-order valence-corrected chi connectivity index (χ4v) is 4.52. The van der Waals surface area contributed by atoms with Crippen LogP contribution in [0.25, 0.3) is 5.52 Å². The Labute approximate surface area is 196 Å². The average Bonchev–Trinajstić information content (AvgIpc) is 3.33. The van der Waals surface area contributed by atoms with Crippen molar-refractivity contribution in [3.63, 3.8) is 0 Å². The van der Waals surface area contributed by atoms with Gasteiger partial charge in [-0.15, -0.1) is 4.52 Å². The normalized spacial score (nSPS) is 25.6. The van der Waals surface area contributed by atoms with Crippen molar-refractivity contribution in [2.45, 2.75) is 50.1 Å². The van der Waals surface area contributed by atoms with Gasteiger partial charge in [0.05, 0.1) is 5.69 Å². The monoisotopic (exact) mass is 493 g/mol. The van der Waals surface area contributed by atoms with Crippen LogP contribution in [0.15, 0.2) is 42.7 Å². The molecule has 0 radical (unpaired) electrons. The molecule has 10 nitrogen and oxygen atoms in total. The number of halogens is 1. The van der Waals surface area contributed by atoms with Gasteiger partial charge < -0.3 is 20.7 Å². The van der Waals surface area contributed by atoms with E-state index in [0.717, 1.165) is 5.56 Å². The molecule has 3 heterocycles. The summed E-state index contributed by atoms with van der Waals surface area (Å²) in [5.74, 6) is 0.519. The Balaban J connectivity index is 1.46. The summed E-state index contributed by atoms with van der Waals surface area (Å²) in [4.78, 5) is 3.89. The Morgan fingerprint density at radius 1 is 1.24 bits per heavy atom. The lowest BCUT2D eigenvalue weighted by Crippen LogP contribution is -2.48. The van der Waals surface area contributed by atoms with Crippen LogP contribution in [0.1, 0.15) is 38.1 Å². The van der Waals surface area contributed by atoms with Crippen LogP contribution >= 0.6 is 8.25 Å². The van der Waals surface area contributed by atoms with Crippen LogP contribution in [0.3, 0.4) is 0 Å². The number of aliphatic hydroxyl groups is 2. The first-order chi connectivity index (χ1) is 16.1. The highest BCUT2D eigenvalue weighted by Gasteiger charge is 2.57. The number of benzene rings is 1. The molecule has 2 aromatic heterocycles. The largest absolute Gasteiger partial charge is 0.750 e. The van der Waals surface area contributed by atoms with E-state index in [2.05, 4.69) is 30.9 Å². The number of nitrogens with two attached hydrogens (primary N) is 1. The third-order valence-corrected chi connectivity index (χ3v) is 6.58. The van der Waals surface area contributed by atoms with Gasteiger partial charge in [-0.3, -0.25) is 0 Å². The fourth-order valence-electron chi connectivity index (χ4n) is 3.85. The van der Waals surface area contributed by atoms with E-state index >= 15 is 0 Å². The molecule has 0 bridgehead atoms. The van der Waals surface area contributed by atoms with Crippen LogP contribution in [0, 0.1) is 0 Å². The van der Waals surface area contributed by atoms with Gasteiger partial charge in [0.2, 0.25) is 0 Å². The molecule has 34 heavy (non-hydrogen) atoms. The fraction of sp³-hybridized carbons (Fsp3) is 0.455. The minimum Gasteiger partial charge on any atom is -0.387 e. The van der Waals surface area contributed by atoms with Gasteiger partial charge in [0.25, 0.3) is 0 Å². The molecule has 1 aromatic carbocycles. The first-order valence-electron chi connectivity index (χ1n) is 10.6. The summed E-state index contributed by atoms with van der Waals surface area (Å²) in [6, 6.07) is 10.2. The lowest BCUT2D eigenvalue weighted by atomic mass is 9.87. The highest BCUT2D eigenvalue weighted by Crippen LogP contribution is 2.43. The maximum absolute atomic E-state index is 14.1. The number of aliphatic hydroxyl groups excluding tert-OH is 2. The van der Waals surface area contributed by atoms with Gasteiger partial charge >= 0.3 is 8.25 Å². The van der Waals surface area contributed by atoms with Gasteiger partial charge in [-0.1, -0.05) is 32.9 Å². The molecule has 4 rings (SSSR count). The smallest absolute Gasteiger partial charge is 0.387 e. The Hall–Kier alpha value is -2.69. The number of hydrogen-bond donors (Lipinski definition) is 3. The number of alkyl halides is 1. The highest BCUT2D eigenvalue weighted by molar-refractivity contribution is 7.33. The SMILES string of the molecule is CC(C)(C)c1ccc(O[P+](=O)OC[C@@]2(CF)O[C@@H](c3ccc4c(N)ncnn34)[C@H](O)[C@@H]2O)cc1. The summed E-state index contributed by atoms with van der Waals surface area (Å²) >= 11 is 0. The van der Waals surface area contributed by atoms with Crippen molar-refractivity contribution >= 4 is 19.6 Å². The molecule has 1 saturated heterocycles.